The molecule has 1 heterocycles. The van der Waals surface area contributed by atoms with E-state index < -0.39 is 5.60 Å². The van der Waals surface area contributed by atoms with E-state index in [4.69, 9.17) is 14.2 Å². The van der Waals surface area contributed by atoms with Gasteiger partial charge in [0.2, 0.25) is 0 Å². The number of thiophene rings is 1. The zero-order chi connectivity index (χ0) is 20.9. The molecule has 0 N–H and O–H groups in total. The van der Waals surface area contributed by atoms with Crippen LogP contribution in [0.5, 0.6) is 11.5 Å². The number of amides is 1. The molecule has 7 heteroatoms. The van der Waals surface area contributed by atoms with Crippen LogP contribution in [0.1, 0.15) is 36.0 Å². The molecular formula is C21H27NO5S. The summed E-state index contributed by atoms with van der Waals surface area (Å²) in [4.78, 5) is 25.8. The molecule has 0 spiro atoms. The summed E-state index contributed by atoms with van der Waals surface area (Å²) in [6, 6.07) is 5.68. The molecule has 0 aliphatic heterocycles. The molecule has 0 fully saturated rings. The van der Waals surface area contributed by atoms with Crippen molar-refractivity contribution in [2.75, 3.05) is 27.8 Å². The number of rotatable bonds is 7. The summed E-state index contributed by atoms with van der Waals surface area (Å²) in [6.45, 7) is 5.96. The Morgan fingerprint density at radius 3 is 2.36 bits per heavy atom. The minimum Gasteiger partial charge on any atom is -0.493 e. The zero-order valence-electron chi connectivity index (χ0n) is 17.2. The molecule has 2 aromatic rings. The Bertz CT molecular complexity index is 838. The highest BCUT2D eigenvalue weighted by Crippen LogP contribution is 2.38. The molecule has 28 heavy (non-hydrogen) atoms. The van der Waals surface area contributed by atoms with Crippen molar-refractivity contribution in [1.82, 2.24) is 4.90 Å². The molecule has 2 rings (SSSR count). The van der Waals surface area contributed by atoms with Crippen LogP contribution in [0.2, 0.25) is 0 Å². The zero-order valence-corrected chi connectivity index (χ0v) is 18.0. The number of hydrogen-bond donors (Lipinski definition) is 0. The third-order valence-corrected chi connectivity index (χ3v) is 4.97. The quantitative estimate of drug-likeness (QED) is 0.627. The molecule has 0 unspecified atom stereocenters. The van der Waals surface area contributed by atoms with Crippen molar-refractivity contribution < 1.29 is 23.8 Å². The van der Waals surface area contributed by atoms with Gasteiger partial charge in [-0.2, -0.15) is 0 Å². The first kappa shape index (κ1) is 21.8. The standard InChI is InChI=1S/C21H27NO5S/c1-21(2,3)27-20(24)22(4)9-7-14-11-17(25-5)18(26-6)12-16(14)15-8-10-28-19(15)13-23/h8,10-13H,7,9H2,1-6H3. The van der Waals surface area contributed by atoms with Gasteiger partial charge in [-0.05, 0) is 61.9 Å². The maximum atomic E-state index is 12.2. The Morgan fingerprint density at radius 2 is 1.79 bits per heavy atom. The summed E-state index contributed by atoms with van der Waals surface area (Å²) >= 11 is 1.39. The lowest BCUT2D eigenvalue weighted by molar-refractivity contribution is 0.0300. The van der Waals surface area contributed by atoms with Gasteiger partial charge in [-0.15, -0.1) is 11.3 Å². The number of benzene rings is 1. The van der Waals surface area contributed by atoms with E-state index in [0.717, 1.165) is 23.0 Å². The van der Waals surface area contributed by atoms with Gasteiger partial charge >= 0.3 is 6.09 Å². The molecule has 1 aromatic carbocycles. The van der Waals surface area contributed by atoms with Crippen LogP contribution in [0.3, 0.4) is 0 Å². The largest absolute Gasteiger partial charge is 0.493 e. The first-order valence-electron chi connectivity index (χ1n) is 8.92. The normalized spacial score (nSPS) is 11.1. The summed E-state index contributed by atoms with van der Waals surface area (Å²) < 4.78 is 16.3. The van der Waals surface area contributed by atoms with Gasteiger partial charge < -0.3 is 19.1 Å². The van der Waals surface area contributed by atoms with Crippen LogP contribution < -0.4 is 9.47 Å². The van der Waals surface area contributed by atoms with Gasteiger partial charge in [0.15, 0.2) is 17.8 Å². The fourth-order valence-corrected chi connectivity index (χ4v) is 3.44. The number of ether oxygens (including phenoxy) is 3. The molecule has 0 aliphatic rings. The van der Waals surface area contributed by atoms with Gasteiger partial charge in [-0.1, -0.05) is 0 Å². The van der Waals surface area contributed by atoms with Crippen LogP contribution in [0.4, 0.5) is 4.79 Å². The predicted molar refractivity (Wildman–Crippen MR) is 111 cm³/mol. The van der Waals surface area contributed by atoms with Gasteiger partial charge in [-0.25, -0.2) is 4.79 Å². The van der Waals surface area contributed by atoms with Crippen molar-refractivity contribution in [3.63, 3.8) is 0 Å². The molecule has 0 atom stereocenters. The Kier molecular flexibility index (Phi) is 7.07. The van der Waals surface area contributed by atoms with Crippen LogP contribution in [-0.2, 0) is 11.2 Å². The number of nitrogens with zero attached hydrogens (tertiary/aromatic N) is 1. The lowest BCUT2D eigenvalue weighted by Gasteiger charge is -2.25. The Balaban J connectivity index is 2.34. The van der Waals surface area contributed by atoms with Crippen LogP contribution >= 0.6 is 11.3 Å². The van der Waals surface area contributed by atoms with E-state index in [-0.39, 0.29) is 6.09 Å². The van der Waals surface area contributed by atoms with Crippen molar-refractivity contribution >= 4 is 23.7 Å². The van der Waals surface area contributed by atoms with Crippen LogP contribution in [0.25, 0.3) is 11.1 Å². The second-order valence-electron chi connectivity index (χ2n) is 7.33. The second kappa shape index (κ2) is 9.10. The summed E-state index contributed by atoms with van der Waals surface area (Å²) in [7, 11) is 4.86. The average molecular weight is 406 g/mol. The molecule has 152 valence electrons. The Labute approximate surface area is 170 Å². The lowest BCUT2D eigenvalue weighted by Crippen LogP contribution is -2.35. The predicted octanol–water partition coefficient (Wildman–Crippen LogP) is 4.65. The van der Waals surface area contributed by atoms with Crippen molar-refractivity contribution in [1.29, 1.82) is 0 Å². The minimum absolute atomic E-state index is 0.376. The molecule has 0 saturated carbocycles. The number of carbonyl (C=O) groups excluding carboxylic acids is 2. The van der Waals surface area contributed by atoms with Crippen molar-refractivity contribution in [3.8, 4) is 22.6 Å². The molecular weight excluding hydrogens is 378 g/mol. The van der Waals surface area contributed by atoms with Gasteiger partial charge in [0, 0.05) is 19.2 Å². The third-order valence-electron chi connectivity index (χ3n) is 4.12. The van der Waals surface area contributed by atoms with E-state index in [9.17, 15) is 9.59 Å². The number of hydrogen-bond acceptors (Lipinski definition) is 6. The number of methoxy groups -OCH3 is 2. The van der Waals surface area contributed by atoms with E-state index in [1.54, 1.807) is 26.2 Å². The SMILES string of the molecule is COc1cc(CCN(C)C(=O)OC(C)(C)C)c(-c2ccsc2C=O)cc1OC. The van der Waals surface area contributed by atoms with E-state index >= 15 is 0 Å². The molecule has 0 bridgehead atoms. The summed E-state index contributed by atoms with van der Waals surface area (Å²) in [5.74, 6) is 1.19. The molecule has 0 saturated heterocycles. The monoisotopic (exact) mass is 405 g/mol. The second-order valence-corrected chi connectivity index (χ2v) is 8.28. The molecule has 0 radical (unpaired) electrons. The van der Waals surface area contributed by atoms with Crippen LogP contribution in [-0.4, -0.2) is 50.7 Å². The minimum atomic E-state index is -0.546. The molecule has 1 amide bonds. The highest BCUT2D eigenvalue weighted by Gasteiger charge is 2.21. The molecule has 6 nitrogen and oxygen atoms in total. The molecule has 0 aliphatic carbocycles. The number of likely N-dealkylation sites (N-methyl/N-ethyl adjacent to an activating group) is 1. The van der Waals surface area contributed by atoms with Gasteiger partial charge in [0.05, 0.1) is 19.1 Å². The van der Waals surface area contributed by atoms with Gasteiger partial charge in [0.1, 0.15) is 5.60 Å². The Morgan fingerprint density at radius 1 is 1.14 bits per heavy atom. The third kappa shape index (κ3) is 5.25. The van der Waals surface area contributed by atoms with E-state index in [1.807, 2.05) is 44.4 Å². The van der Waals surface area contributed by atoms with Crippen LogP contribution in [0, 0.1) is 0 Å². The number of carbonyl (C=O) groups is 2. The molecule has 1 aromatic heterocycles. The number of aldehydes is 1. The smallest absolute Gasteiger partial charge is 0.410 e. The first-order chi connectivity index (χ1) is 13.2. The fourth-order valence-electron chi connectivity index (χ4n) is 2.73. The summed E-state index contributed by atoms with van der Waals surface area (Å²) in [5.41, 5.74) is 2.14. The highest BCUT2D eigenvalue weighted by molar-refractivity contribution is 7.12. The van der Waals surface area contributed by atoms with E-state index in [0.29, 0.717) is 29.3 Å². The maximum Gasteiger partial charge on any atom is 0.410 e. The van der Waals surface area contributed by atoms with Crippen molar-refractivity contribution in [3.05, 3.63) is 34.0 Å². The van der Waals surface area contributed by atoms with E-state index in [1.165, 1.54) is 11.3 Å². The average Bonchev–Trinajstić information content (AvgIpc) is 3.12. The van der Waals surface area contributed by atoms with Crippen molar-refractivity contribution in [2.45, 2.75) is 32.8 Å². The van der Waals surface area contributed by atoms with Crippen LogP contribution in [0.15, 0.2) is 23.6 Å². The van der Waals surface area contributed by atoms with E-state index in [2.05, 4.69) is 0 Å². The first-order valence-corrected chi connectivity index (χ1v) is 9.80. The van der Waals surface area contributed by atoms with Crippen molar-refractivity contribution in [2.24, 2.45) is 0 Å². The van der Waals surface area contributed by atoms with Gasteiger partial charge in [0.25, 0.3) is 0 Å². The summed E-state index contributed by atoms with van der Waals surface area (Å²) in [6.07, 6.45) is 1.05. The highest BCUT2D eigenvalue weighted by atomic mass is 32.1. The topological polar surface area (TPSA) is 65.1 Å². The van der Waals surface area contributed by atoms with Gasteiger partial charge in [-0.3, -0.25) is 4.79 Å². The fraction of sp³-hybridized carbons (Fsp3) is 0.429. The lowest BCUT2D eigenvalue weighted by atomic mass is 9.97. The summed E-state index contributed by atoms with van der Waals surface area (Å²) in [5, 5.41) is 1.88. The maximum absolute atomic E-state index is 12.2. The Hall–Kier alpha value is -2.54.